The molecular weight excluding hydrogens is 366 g/mol. The molecule has 0 aromatic heterocycles. The van der Waals surface area contributed by atoms with Crippen LogP contribution in [0.4, 0.5) is 0 Å². The maximum Gasteiger partial charge on any atom is 0.240 e. The van der Waals surface area contributed by atoms with Crippen LogP contribution in [0, 0.1) is 0 Å². The van der Waals surface area contributed by atoms with Crippen LogP contribution < -0.4 is 9.46 Å². The van der Waals surface area contributed by atoms with Crippen molar-refractivity contribution >= 4 is 26.0 Å². The number of sulfonamides is 1. The standard InChI is InChI=1S/C16H18BrNO3S/c1-21-15-6-2-14(3-7-15)12-18-22(19,20)16-8-4-13(5-9-16)10-11-17/h2-9,18H,10-12H2,1H3. The summed E-state index contributed by atoms with van der Waals surface area (Å²) in [5.74, 6) is 0.744. The summed E-state index contributed by atoms with van der Waals surface area (Å²) in [5.41, 5.74) is 1.98. The Morgan fingerprint density at radius 1 is 1.00 bits per heavy atom. The summed E-state index contributed by atoms with van der Waals surface area (Å²) in [6, 6.07) is 14.2. The second-order valence-corrected chi connectivity index (χ2v) is 7.32. The number of hydrogen-bond acceptors (Lipinski definition) is 3. The molecule has 0 aliphatic heterocycles. The van der Waals surface area contributed by atoms with Crippen molar-refractivity contribution in [3.63, 3.8) is 0 Å². The first kappa shape index (κ1) is 17.0. The number of rotatable bonds is 7. The van der Waals surface area contributed by atoms with E-state index in [1.54, 1.807) is 31.4 Å². The molecule has 0 spiro atoms. The summed E-state index contributed by atoms with van der Waals surface area (Å²) in [6.45, 7) is 0.246. The number of halogens is 1. The molecule has 2 aromatic rings. The molecule has 6 heteroatoms. The molecule has 0 aliphatic rings. The van der Waals surface area contributed by atoms with Gasteiger partial charge in [-0.1, -0.05) is 40.2 Å². The van der Waals surface area contributed by atoms with E-state index in [-0.39, 0.29) is 11.4 Å². The molecular formula is C16H18BrNO3S. The van der Waals surface area contributed by atoms with Crippen LogP contribution in [0.15, 0.2) is 53.4 Å². The Bertz CT molecular complexity index is 697. The molecule has 0 fully saturated rings. The number of nitrogens with one attached hydrogen (secondary N) is 1. The van der Waals surface area contributed by atoms with E-state index in [1.165, 1.54) is 0 Å². The smallest absolute Gasteiger partial charge is 0.240 e. The molecule has 0 atom stereocenters. The number of ether oxygens (including phenoxy) is 1. The fourth-order valence-electron chi connectivity index (χ4n) is 1.95. The molecule has 0 heterocycles. The number of aryl methyl sites for hydroxylation is 1. The predicted octanol–water partition coefficient (Wildman–Crippen LogP) is 3.11. The number of hydrogen-bond donors (Lipinski definition) is 1. The zero-order valence-corrected chi connectivity index (χ0v) is 14.7. The Morgan fingerprint density at radius 2 is 1.59 bits per heavy atom. The monoisotopic (exact) mass is 383 g/mol. The maximum atomic E-state index is 12.3. The molecule has 0 radical (unpaired) electrons. The van der Waals surface area contributed by atoms with E-state index in [1.807, 2.05) is 24.3 Å². The highest BCUT2D eigenvalue weighted by molar-refractivity contribution is 9.09. The summed E-state index contributed by atoms with van der Waals surface area (Å²) in [5, 5.41) is 0.856. The van der Waals surface area contributed by atoms with Crippen molar-refractivity contribution in [2.75, 3.05) is 12.4 Å². The lowest BCUT2D eigenvalue weighted by Gasteiger charge is -2.08. The van der Waals surface area contributed by atoms with Crippen LogP contribution in [-0.2, 0) is 23.0 Å². The molecule has 0 aliphatic carbocycles. The summed E-state index contributed by atoms with van der Waals surface area (Å²) in [7, 11) is -1.90. The summed E-state index contributed by atoms with van der Waals surface area (Å²) < 4.78 is 32.2. The predicted molar refractivity (Wildman–Crippen MR) is 91.0 cm³/mol. The van der Waals surface area contributed by atoms with Crippen molar-refractivity contribution in [1.29, 1.82) is 0 Å². The van der Waals surface area contributed by atoms with Gasteiger partial charge in [0.15, 0.2) is 0 Å². The Balaban J connectivity index is 2.03. The minimum Gasteiger partial charge on any atom is -0.497 e. The summed E-state index contributed by atoms with van der Waals surface area (Å²) in [4.78, 5) is 0.277. The third-order valence-corrected chi connectivity index (χ3v) is 5.06. The van der Waals surface area contributed by atoms with Crippen molar-refractivity contribution in [1.82, 2.24) is 4.72 Å². The lowest BCUT2D eigenvalue weighted by atomic mass is 10.2. The van der Waals surface area contributed by atoms with Gasteiger partial charge in [0, 0.05) is 11.9 Å². The van der Waals surface area contributed by atoms with Gasteiger partial charge in [0.1, 0.15) is 5.75 Å². The number of benzene rings is 2. The Hall–Kier alpha value is -1.37. The molecule has 2 rings (SSSR count). The van der Waals surface area contributed by atoms with Gasteiger partial charge in [-0.05, 0) is 41.8 Å². The van der Waals surface area contributed by atoms with Gasteiger partial charge >= 0.3 is 0 Å². The van der Waals surface area contributed by atoms with Crippen molar-refractivity contribution in [3.8, 4) is 5.75 Å². The summed E-state index contributed by atoms with van der Waals surface area (Å²) >= 11 is 3.37. The minimum absolute atomic E-state index is 0.246. The number of methoxy groups -OCH3 is 1. The first-order valence-electron chi connectivity index (χ1n) is 6.82. The zero-order chi connectivity index (χ0) is 16.0. The molecule has 0 unspecified atom stereocenters. The van der Waals surface area contributed by atoms with Crippen LogP contribution in [0.2, 0.25) is 0 Å². The van der Waals surface area contributed by atoms with Crippen molar-refractivity contribution in [2.24, 2.45) is 0 Å². The van der Waals surface area contributed by atoms with Crippen LogP contribution >= 0.6 is 15.9 Å². The highest BCUT2D eigenvalue weighted by Crippen LogP contribution is 2.14. The first-order valence-corrected chi connectivity index (χ1v) is 9.43. The molecule has 0 saturated heterocycles. The molecule has 1 N–H and O–H groups in total. The lowest BCUT2D eigenvalue weighted by Crippen LogP contribution is -2.23. The van der Waals surface area contributed by atoms with E-state index in [0.717, 1.165) is 28.6 Å². The van der Waals surface area contributed by atoms with E-state index in [0.29, 0.717) is 0 Å². The Kier molecular flexibility index (Phi) is 5.99. The molecule has 22 heavy (non-hydrogen) atoms. The third kappa shape index (κ3) is 4.56. The Labute approximate surface area is 139 Å². The van der Waals surface area contributed by atoms with E-state index >= 15 is 0 Å². The fraction of sp³-hybridized carbons (Fsp3) is 0.250. The highest BCUT2D eigenvalue weighted by atomic mass is 79.9. The third-order valence-electron chi connectivity index (χ3n) is 3.24. The molecule has 0 saturated carbocycles. The molecule has 2 aromatic carbocycles. The van der Waals surface area contributed by atoms with Gasteiger partial charge in [0.25, 0.3) is 0 Å². The maximum absolute atomic E-state index is 12.3. The van der Waals surface area contributed by atoms with Gasteiger partial charge in [0.05, 0.1) is 12.0 Å². The fourth-order valence-corrected chi connectivity index (χ4v) is 3.43. The topological polar surface area (TPSA) is 55.4 Å². The highest BCUT2D eigenvalue weighted by Gasteiger charge is 2.13. The van der Waals surface area contributed by atoms with Crippen LogP contribution in [-0.4, -0.2) is 20.9 Å². The van der Waals surface area contributed by atoms with Gasteiger partial charge < -0.3 is 4.74 Å². The van der Waals surface area contributed by atoms with E-state index < -0.39 is 10.0 Å². The van der Waals surface area contributed by atoms with Crippen LogP contribution in [0.5, 0.6) is 5.75 Å². The van der Waals surface area contributed by atoms with Gasteiger partial charge in [-0.15, -0.1) is 0 Å². The van der Waals surface area contributed by atoms with Crippen LogP contribution in [0.25, 0.3) is 0 Å². The van der Waals surface area contributed by atoms with Gasteiger partial charge in [-0.25, -0.2) is 13.1 Å². The van der Waals surface area contributed by atoms with Crippen LogP contribution in [0.3, 0.4) is 0 Å². The number of alkyl halides is 1. The second-order valence-electron chi connectivity index (χ2n) is 4.76. The van der Waals surface area contributed by atoms with E-state index in [9.17, 15) is 8.42 Å². The molecule has 118 valence electrons. The van der Waals surface area contributed by atoms with Gasteiger partial charge in [-0.2, -0.15) is 0 Å². The minimum atomic E-state index is -3.50. The first-order chi connectivity index (χ1) is 10.5. The van der Waals surface area contributed by atoms with Crippen molar-refractivity contribution in [2.45, 2.75) is 17.9 Å². The largest absolute Gasteiger partial charge is 0.497 e. The SMILES string of the molecule is COc1ccc(CNS(=O)(=O)c2ccc(CCBr)cc2)cc1. The molecule has 0 bridgehead atoms. The van der Waals surface area contributed by atoms with Crippen molar-refractivity contribution < 1.29 is 13.2 Å². The second kappa shape index (κ2) is 7.76. The zero-order valence-electron chi connectivity index (χ0n) is 12.3. The van der Waals surface area contributed by atoms with Crippen molar-refractivity contribution in [3.05, 3.63) is 59.7 Å². The quantitative estimate of drug-likeness (QED) is 0.747. The normalized spacial score (nSPS) is 11.4. The summed E-state index contributed by atoms with van der Waals surface area (Å²) in [6.07, 6.45) is 0.875. The van der Waals surface area contributed by atoms with Gasteiger partial charge in [-0.3, -0.25) is 0 Å². The van der Waals surface area contributed by atoms with E-state index in [2.05, 4.69) is 20.7 Å². The van der Waals surface area contributed by atoms with Gasteiger partial charge in [0.2, 0.25) is 10.0 Å². The van der Waals surface area contributed by atoms with Crippen LogP contribution in [0.1, 0.15) is 11.1 Å². The molecule has 4 nitrogen and oxygen atoms in total. The average Bonchev–Trinajstić information content (AvgIpc) is 2.54. The van der Waals surface area contributed by atoms with E-state index in [4.69, 9.17) is 4.74 Å². The average molecular weight is 384 g/mol. The Morgan fingerprint density at radius 3 is 2.14 bits per heavy atom. The lowest BCUT2D eigenvalue weighted by molar-refractivity contribution is 0.414. The molecule has 0 amide bonds.